The van der Waals surface area contributed by atoms with E-state index in [1.165, 1.54) is 12.0 Å². The first-order chi connectivity index (χ1) is 15.3. The number of nitrogen functional groups attached to an aromatic ring is 1. The van der Waals surface area contributed by atoms with Crippen LogP contribution in [0.25, 0.3) is 11.1 Å². The molecule has 0 spiro atoms. The van der Waals surface area contributed by atoms with Gasteiger partial charge in [-0.15, -0.1) is 0 Å². The van der Waals surface area contributed by atoms with Crippen molar-refractivity contribution in [2.45, 2.75) is 25.8 Å². The largest absolute Gasteiger partial charge is 0.469 e. The predicted octanol–water partition coefficient (Wildman–Crippen LogP) is 2.80. The van der Waals surface area contributed by atoms with E-state index in [1.54, 1.807) is 24.3 Å². The summed E-state index contributed by atoms with van der Waals surface area (Å²) in [6.07, 6.45) is 0.588. The molecular weight excluding hydrogens is 408 g/mol. The summed E-state index contributed by atoms with van der Waals surface area (Å²) in [5.41, 5.74) is 8.52. The molecule has 1 heterocycles. The smallest absolute Gasteiger partial charge is 0.318 e. The van der Waals surface area contributed by atoms with Gasteiger partial charge < -0.3 is 20.7 Å². The zero-order valence-electron chi connectivity index (χ0n) is 18.3. The molecule has 2 amide bonds. The zero-order valence-corrected chi connectivity index (χ0v) is 18.3. The molecule has 4 N–H and O–H groups in total. The number of benzene rings is 2. The fourth-order valence-electron chi connectivity index (χ4n) is 3.98. The van der Waals surface area contributed by atoms with Gasteiger partial charge in [-0.2, -0.15) is 0 Å². The first-order valence-electron chi connectivity index (χ1n) is 10.5. The van der Waals surface area contributed by atoms with E-state index in [0.29, 0.717) is 30.6 Å². The summed E-state index contributed by atoms with van der Waals surface area (Å²) in [6, 6.07) is 13.6. The van der Waals surface area contributed by atoms with Gasteiger partial charge in [0.25, 0.3) is 0 Å². The van der Waals surface area contributed by atoms with E-state index in [0.717, 1.165) is 11.1 Å². The molecule has 32 heavy (non-hydrogen) atoms. The maximum atomic E-state index is 13.3. The van der Waals surface area contributed by atoms with Gasteiger partial charge in [-0.1, -0.05) is 48.5 Å². The first-order valence-corrected chi connectivity index (χ1v) is 10.5. The van der Waals surface area contributed by atoms with Crippen LogP contribution in [0.3, 0.4) is 0 Å². The Kier molecular flexibility index (Phi) is 7.25. The highest BCUT2D eigenvalue weighted by atomic mass is 16.5. The van der Waals surface area contributed by atoms with E-state index in [4.69, 9.17) is 15.9 Å². The molecule has 0 radical (unpaired) electrons. The summed E-state index contributed by atoms with van der Waals surface area (Å²) in [5.74, 6) is -0.615. The van der Waals surface area contributed by atoms with Crippen LogP contribution in [-0.2, 0) is 9.53 Å². The lowest BCUT2D eigenvalue weighted by atomic mass is 9.95. The fraction of sp³-hybridized carbons (Fsp3) is 0.333. The molecule has 1 fully saturated rings. The minimum atomic E-state index is -0.628. The molecule has 2 atom stereocenters. The number of nitrogens with one attached hydrogen (secondary N) is 2. The Morgan fingerprint density at radius 1 is 1.06 bits per heavy atom. The van der Waals surface area contributed by atoms with Crippen LogP contribution in [0.2, 0.25) is 0 Å². The van der Waals surface area contributed by atoms with Gasteiger partial charge in [0, 0.05) is 24.2 Å². The van der Waals surface area contributed by atoms with Gasteiger partial charge in [-0.05, 0) is 30.4 Å². The van der Waals surface area contributed by atoms with E-state index < -0.39 is 6.04 Å². The van der Waals surface area contributed by atoms with Crippen LogP contribution < -0.4 is 11.1 Å². The Balaban J connectivity index is 1.78. The maximum Gasteiger partial charge on any atom is 0.318 e. The normalized spacial score (nSPS) is 17.6. The topological polar surface area (TPSA) is 126 Å². The third-order valence-electron chi connectivity index (χ3n) is 5.66. The van der Waals surface area contributed by atoms with Crippen molar-refractivity contribution >= 4 is 23.6 Å². The Bertz CT molecular complexity index is 1000. The molecule has 0 aromatic heterocycles. The zero-order chi connectivity index (χ0) is 23.3. The van der Waals surface area contributed by atoms with Crippen molar-refractivity contribution in [3.05, 3.63) is 59.7 Å². The fourth-order valence-corrected chi connectivity index (χ4v) is 3.98. The van der Waals surface area contributed by atoms with Crippen molar-refractivity contribution in [2.75, 3.05) is 20.2 Å². The summed E-state index contributed by atoms with van der Waals surface area (Å²) < 4.78 is 4.75. The number of ketones is 1. The van der Waals surface area contributed by atoms with E-state index >= 15 is 0 Å². The molecule has 0 saturated carbocycles. The summed E-state index contributed by atoms with van der Waals surface area (Å²) in [7, 11) is 1.33. The Labute approximate surface area is 187 Å². The van der Waals surface area contributed by atoms with Gasteiger partial charge in [0.05, 0.1) is 19.6 Å². The maximum absolute atomic E-state index is 13.3. The number of likely N-dealkylation sites (tertiary alicyclic amines) is 1. The molecule has 8 nitrogen and oxygen atoms in total. The number of methoxy groups -OCH3 is 1. The number of ether oxygens (including phenoxy) is 1. The van der Waals surface area contributed by atoms with Crippen LogP contribution in [0, 0.1) is 11.3 Å². The summed E-state index contributed by atoms with van der Waals surface area (Å²) in [6.45, 7) is 2.60. The van der Waals surface area contributed by atoms with Crippen LogP contribution in [0.5, 0.6) is 0 Å². The number of urea groups is 1. The SMILES string of the molecule is CCNC(=O)N1C[C@H](CC(=O)OC)C[C@H]1C(=O)c1ccc(-c2ccc(C(=N)N)cc2)cc1. The average molecular weight is 437 g/mol. The van der Waals surface area contributed by atoms with Crippen molar-refractivity contribution in [1.82, 2.24) is 10.2 Å². The van der Waals surface area contributed by atoms with E-state index in [-0.39, 0.29) is 36.0 Å². The van der Waals surface area contributed by atoms with Gasteiger partial charge in [0.2, 0.25) is 0 Å². The van der Waals surface area contributed by atoms with Gasteiger partial charge in [0.1, 0.15) is 5.84 Å². The molecule has 8 heteroatoms. The molecule has 0 aliphatic carbocycles. The Hall–Kier alpha value is -3.68. The molecule has 1 aliphatic rings. The molecule has 168 valence electrons. The van der Waals surface area contributed by atoms with Crippen LogP contribution in [-0.4, -0.2) is 54.8 Å². The molecule has 0 unspecified atom stereocenters. The van der Waals surface area contributed by atoms with Gasteiger partial charge in [0.15, 0.2) is 5.78 Å². The van der Waals surface area contributed by atoms with E-state index in [9.17, 15) is 14.4 Å². The van der Waals surface area contributed by atoms with Crippen molar-refractivity contribution in [3.63, 3.8) is 0 Å². The van der Waals surface area contributed by atoms with Crippen LogP contribution in [0.1, 0.15) is 35.7 Å². The quantitative estimate of drug-likeness (QED) is 0.266. The number of hydrogen-bond acceptors (Lipinski definition) is 5. The number of carbonyl (C=O) groups is 3. The lowest BCUT2D eigenvalue weighted by Crippen LogP contribution is -2.46. The minimum absolute atomic E-state index is 0.0104. The standard InChI is InChI=1S/C24H28N4O4/c1-3-27-24(31)28-14-15(13-21(29)32-2)12-20(28)22(30)18-8-4-16(5-9-18)17-6-10-19(11-7-17)23(25)26/h4-11,15,20H,3,12-14H2,1-2H3,(H3,25,26)(H,27,31)/t15-,20-/m0/s1. The number of carbonyl (C=O) groups excluding carboxylic acids is 3. The highest BCUT2D eigenvalue weighted by Gasteiger charge is 2.40. The first kappa shape index (κ1) is 23.0. The van der Waals surface area contributed by atoms with E-state index in [1.807, 2.05) is 31.2 Å². The number of nitrogens with two attached hydrogens (primary N) is 1. The van der Waals surface area contributed by atoms with Gasteiger partial charge in [-0.25, -0.2) is 4.79 Å². The molecule has 1 saturated heterocycles. The summed E-state index contributed by atoms with van der Waals surface area (Å²) >= 11 is 0. The van der Waals surface area contributed by atoms with Crippen LogP contribution >= 0.6 is 0 Å². The monoisotopic (exact) mass is 436 g/mol. The number of hydrogen-bond donors (Lipinski definition) is 3. The third kappa shape index (κ3) is 5.14. The van der Waals surface area contributed by atoms with Crippen LogP contribution in [0.15, 0.2) is 48.5 Å². The molecule has 2 aromatic carbocycles. The average Bonchev–Trinajstić information content (AvgIpc) is 3.22. The predicted molar refractivity (Wildman–Crippen MR) is 122 cm³/mol. The number of rotatable bonds is 7. The molecular formula is C24H28N4O4. The lowest BCUT2D eigenvalue weighted by Gasteiger charge is -2.23. The van der Waals surface area contributed by atoms with Gasteiger partial charge >= 0.3 is 12.0 Å². The van der Waals surface area contributed by atoms with E-state index in [2.05, 4.69) is 5.32 Å². The second-order valence-corrected chi connectivity index (χ2v) is 7.82. The number of nitrogens with zero attached hydrogens (tertiary/aromatic N) is 1. The highest BCUT2D eigenvalue weighted by Crippen LogP contribution is 2.29. The van der Waals surface area contributed by atoms with Gasteiger partial charge in [-0.3, -0.25) is 15.0 Å². The number of Topliss-reactive ketones (excluding diaryl/α,β-unsaturated/α-hetero) is 1. The third-order valence-corrected chi connectivity index (χ3v) is 5.66. The van der Waals surface area contributed by atoms with Crippen molar-refractivity contribution in [1.29, 1.82) is 5.41 Å². The lowest BCUT2D eigenvalue weighted by molar-refractivity contribution is -0.141. The molecule has 2 aromatic rings. The van der Waals surface area contributed by atoms with Crippen molar-refractivity contribution in [2.24, 2.45) is 11.7 Å². The van der Waals surface area contributed by atoms with Crippen molar-refractivity contribution < 1.29 is 19.1 Å². The number of amides is 2. The second-order valence-electron chi connectivity index (χ2n) is 7.82. The van der Waals surface area contributed by atoms with Crippen LogP contribution in [0.4, 0.5) is 4.79 Å². The highest BCUT2D eigenvalue weighted by molar-refractivity contribution is 6.02. The Morgan fingerprint density at radius 2 is 1.62 bits per heavy atom. The second kappa shape index (κ2) is 10.1. The Morgan fingerprint density at radius 3 is 2.12 bits per heavy atom. The molecule has 1 aliphatic heterocycles. The molecule has 3 rings (SSSR count). The number of esters is 1. The summed E-state index contributed by atoms with van der Waals surface area (Å²) in [5, 5.41) is 10.2. The molecule has 0 bridgehead atoms. The summed E-state index contributed by atoms with van der Waals surface area (Å²) in [4.78, 5) is 39.0. The minimum Gasteiger partial charge on any atom is -0.469 e. The number of amidine groups is 1. The van der Waals surface area contributed by atoms with Crippen molar-refractivity contribution in [3.8, 4) is 11.1 Å².